The van der Waals surface area contributed by atoms with Crippen molar-refractivity contribution in [2.45, 2.75) is 63.9 Å². The highest BCUT2D eigenvalue weighted by atomic mass is 19.4. The van der Waals surface area contributed by atoms with Gasteiger partial charge < -0.3 is 15.7 Å². The van der Waals surface area contributed by atoms with Crippen molar-refractivity contribution >= 4 is 17.5 Å². The van der Waals surface area contributed by atoms with E-state index in [1.165, 1.54) is 13.8 Å². The molecule has 0 saturated heterocycles. The van der Waals surface area contributed by atoms with Crippen LogP contribution in [0, 0.1) is 0 Å². The second-order valence-corrected chi connectivity index (χ2v) is 6.39. The van der Waals surface area contributed by atoms with Crippen LogP contribution < -0.4 is 10.6 Å². The van der Waals surface area contributed by atoms with E-state index < -0.39 is 42.8 Å². The number of nitrogens with zero attached hydrogens (tertiary/aromatic N) is 3. The first-order valence-electron chi connectivity index (χ1n) is 8.64. The van der Waals surface area contributed by atoms with Gasteiger partial charge in [-0.15, -0.1) is 0 Å². The fraction of sp³-hybridized carbons (Fsp3) is 0.688. The number of anilines is 2. The first kappa shape index (κ1) is 21.3. The summed E-state index contributed by atoms with van der Waals surface area (Å²) in [6.07, 6.45) is -5.18. The number of hydrogen-bond donors (Lipinski definition) is 3. The summed E-state index contributed by atoms with van der Waals surface area (Å²) < 4.78 is 66.2. The average molecular weight is 395 g/mol. The van der Waals surface area contributed by atoms with Crippen molar-refractivity contribution in [1.82, 2.24) is 15.0 Å². The van der Waals surface area contributed by atoms with E-state index in [4.69, 9.17) is 0 Å². The Morgan fingerprint density at radius 3 is 2.37 bits per heavy atom. The van der Waals surface area contributed by atoms with Crippen LogP contribution in [-0.2, 0) is 0 Å². The minimum atomic E-state index is -4.53. The number of aliphatic hydroxyl groups excluding tert-OH is 1. The lowest BCUT2D eigenvalue weighted by molar-refractivity contribution is -0.143. The molecule has 0 aromatic carbocycles. The molecule has 0 amide bonds. The van der Waals surface area contributed by atoms with Crippen molar-refractivity contribution in [3.63, 3.8) is 0 Å². The molecule has 1 aliphatic carbocycles. The first-order chi connectivity index (χ1) is 12.7. The van der Waals surface area contributed by atoms with Crippen LogP contribution in [0.25, 0.3) is 5.57 Å². The Morgan fingerprint density at radius 2 is 1.81 bits per heavy atom. The molecule has 0 aliphatic heterocycles. The van der Waals surface area contributed by atoms with Crippen molar-refractivity contribution in [2.75, 3.05) is 17.3 Å². The number of aliphatic hydroxyl groups is 1. The number of aromatic nitrogens is 3. The molecule has 0 fully saturated rings. The predicted octanol–water partition coefficient (Wildman–Crippen LogP) is 3.62. The Hall–Kier alpha value is -2.04. The molecule has 3 atom stereocenters. The van der Waals surface area contributed by atoms with E-state index in [1.54, 1.807) is 0 Å². The maximum Gasteiger partial charge on any atom is 0.408 e. The summed E-state index contributed by atoms with van der Waals surface area (Å²) in [5.41, 5.74) is 0.00945. The van der Waals surface area contributed by atoms with Gasteiger partial charge >= 0.3 is 6.18 Å². The molecule has 11 heteroatoms. The monoisotopic (exact) mass is 395 g/mol. The van der Waals surface area contributed by atoms with Gasteiger partial charge in [0.05, 0.1) is 6.04 Å². The van der Waals surface area contributed by atoms with Gasteiger partial charge in [-0.3, -0.25) is 0 Å². The first-order valence-corrected chi connectivity index (χ1v) is 8.64. The van der Waals surface area contributed by atoms with Gasteiger partial charge in [0.2, 0.25) is 11.9 Å². The molecule has 2 rings (SSSR count). The van der Waals surface area contributed by atoms with E-state index in [1.807, 2.05) is 0 Å². The predicted molar refractivity (Wildman–Crippen MR) is 90.5 cm³/mol. The summed E-state index contributed by atoms with van der Waals surface area (Å²) >= 11 is 0. The molecule has 6 nitrogen and oxygen atoms in total. The SMILES string of the molecule is CC[C@@H](Nc1nc(N[C@@H](C)CF)nc(C2=C(F)C(O)CCC2)n1)C(F)(F)F. The number of rotatable bonds is 7. The second-order valence-electron chi connectivity index (χ2n) is 6.39. The number of allylic oxidation sites excluding steroid dienone is 1. The highest BCUT2D eigenvalue weighted by molar-refractivity contribution is 5.65. The van der Waals surface area contributed by atoms with Crippen molar-refractivity contribution in [3.05, 3.63) is 11.7 Å². The molecule has 1 aromatic rings. The largest absolute Gasteiger partial charge is 0.408 e. The van der Waals surface area contributed by atoms with E-state index in [0.717, 1.165) is 0 Å². The zero-order valence-corrected chi connectivity index (χ0v) is 14.9. The molecule has 152 valence electrons. The minimum absolute atomic E-state index is 0.00945. The summed E-state index contributed by atoms with van der Waals surface area (Å²) in [7, 11) is 0. The maximum absolute atomic E-state index is 14.3. The molecule has 0 spiro atoms. The normalized spacial score (nSPS) is 20.4. The highest BCUT2D eigenvalue weighted by Gasteiger charge is 2.39. The molecule has 0 radical (unpaired) electrons. The minimum Gasteiger partial charge on any atom is -0.386 e. The van der Waals surface area contributed by atoms with Gasteiger partial charge in [-0.1, -0.05) is 6.92 Å². The van der Waals surface area contributed by atoms with Gasteiger partial charge in [0, 0.05) is 5.57 Å². The molecule has 1 heterocycles. The molecule has 1 unspecified atom stereocenters. The Balaban J connectivity index is 2.44. The number of halogens is 5. The Kier molecular flexibility index (Phi) is 6.90. The van der Waals surface area contributed by atoms with Crippen molar-refractivity contribution in [2.24, 2.45) is 0 Å². The Bertz CT molecular complexity index is 682. The molecule has 0 saturated carbocycles. The topological polar surface area (TPSA) is 83.0 Å². The van der Waals surface area contributed by atoms with Gasteiger partial charge in [-0.25, -0.2) is 8.78 Å². The zero-order valence-electron chi connectivity index (χ0n) is 14.9. The molecule has 27 heavy (non-hydrogen) atoms. The van der Waals surface area contributed by atoms with Crippen molar-refractivity contribution in [1.29, 1.82) is 0 Å². The van der Waals surface area contributed by atoms with Gasteiger partial charge in [0.1, 0.15) is 24.6 Å². The van der Waals surface area contributed by atoms with E-state index in [2.05, 4.69) is 25.6 Å². The van der Waals surface area contributed by atoms with Crippen molar-refractivity contribution < 1.29 is 27.1 Å². The van der Waals surface area contributed by atoms with E-state index in [9.17, 15) is 27.1 Å². The molecule has 1 aliphatic rings. The smallest absolute Gasteiger partial charge is 0.386 e. The van der Waals surface area contributed by atoms with E-state index >= 15 is 0 Å². The van der Waals surface area contributed by atoms with Crippen molar-refractivity contribution in [3.8, 4) is 0 Å². The Morgan fingerprint density at radius 1 is 1.19 bits per heavy atom. The summed E-state index contributed by atoms with van der Waals surface area (Å²) in [5, 5.41) is 14.5. The average Bonchev–Trinajstić information content (AvgIpc) is 2.60. The zero-order chi connectivity index (χ0) is 20.2. The third-order valence-corrected chi connectivity index (χ3v) is 4.10. The quantitative estimate of drug-likeness (QED) is 0.612. The third kappa shape index (κ3) is 5.47. The van der Waals surface area contributed by atoms with Crippen LogP contribution in [-0.4, -0.2) is 51.1 Å². The number of nitrogens with one attached hydrogen (secondary N) is 2. The molecule has 0 bridgehead atoms. The van der Waals surface area contributed by atoms with E-state index in [0.29, 0.717) is 6.42 Å². The lowest BCUT2D eigenvalue weighted by Gasteiger charge is -2.22. The van der Waals surface area contributed by atoms with Gasteiger partial charge in [-0.05, 0) is 32.6 Å². The van der Waals surface area contributed by atoms with Crippen LogP contribution in [0.3, 0.4) is 0 Å². The summed E-state index contributed by atoms with van der Waals surface area (Å²) in [6, 6.07) is -2.61. The molecular weight excluding hydrogens is 373 g/mol. The number of hydrogen-bond acceptors (Lipinski definition) is 6. The molecule has 1 aromatic heterocycles. The van der Waals surface area contributed by atoms with Crippen LogP contribution >= 0.6 is 0 Å². The number of alkyl halides is 4. The maximum atomic E-state index is 14.3. The van der Waals surface area contributed by atoms with Crippen LogP contribution in [0.15, 0.2) is 5.83 Å². The van der Waals surface area contributed by atoms with Crippen LogP contribution in [0.4, 0.5) is 33.8 Å². The summed E-state index contributed by atoms with van der Waals surface area (Å²) in [5.74, 6) is -1.58. The van der Waals surface area contributed by atoms with Crippen LogP contribution in [0.2, 0.25) is 0 Å². The second kappa shape index (κ2) is 8.77. The Labute approximate surface area is 153 Å². The highest BCUT2D eigenvalue weighted by Crippen LogP contribution is 2.33. The van der Waals surface area contributed by atoms with E-state index in [-0.39, 0.29) is 36.6 Å². The fourth-order valence-electron chi connectivity index (χ4n) is 2.61. The lowest BCUT2D eigenvalue weighted by atomic mass is 9.96. The standard InChI is InChI=1S/C16H22F5N5O/c1-3-11(16(19,20)21)23-15-25-13(9-5-4-6-10(27)12(9)18)24-14(26-15)22-8(2)7-17/h8,10-11,27H,3-7H2,1-2H3,(H2,22,23,24,25,26)/t8-,10?,11+/m0/s1. The van der Waals surface area contributed by atoms with Crippen LogP contribution in [0.1, 0.15) is 45.4 Å². The van der Waals surface area contributed by atoms with Gasteiger partial charge in [-0.2, -0.15) is 28.1 Å². The summed E-state index contributed by atoms with van der Waals surface area (Å²) in [4.78, 5) is 11.7. The third-order valence-electron chi connectivity index (χ3n) is 4.10. The molecule has 3 N–H and O–H groups in total. The lowest BCUT2D eigenvalue weighted by Crippen LogP contribution is -2.36. The van der Waals surface area contributed by atoms with Crippen LogP contribution in [0.5, 0.6) is 0 Å². The van der Waals surface area contributed by atoms with Gasteiger partial charge in [0.25, 0.3) is 0 Å². The molecular formula is C16H22F5N5O. The summed E-state index contributed by atoms with van der Waals surface area (Å²) in [6.45, 7) is 2.07. The fourth-order valence-corrected chi connectivity index (χ4v) is 2.61. The van der Waals surface area contributed by atoms with Gasteiger partial charge in [0.15, 0.2) is 5.82 Å².